The van der Waals surface area contributed by atoms with Crippen LogP contribution < -0.4 is 16.1 Å². The summed E-state index contributed by atoms with van der Waals surface area (Å²) in [5, 5.41) is 16.2. The van der Waals surface area contributed by atoms with Crippen LogP contribution in [-0.2, 0) is 13.1 Å². The molecule has 4 aliphatic carbocycles. The van der Waals surface area contributed by atoms with Crippen molar-refractivity contribution >= 4 is 11.6 Å². The van der Waals surface area contributed by atoms with Crippen molar-refractivity contribution in [1.29, 1.82) is 0 Å². The normalized spacial score (nSPS) is 32.7. The van der Waals surface area contributed by atoms with Crippen LogP contribution in [0.1, 0.15) is 73.9 Å². The van der Waals surface area contributed by atoms with Crippen LogP contribution in [0.5, 0.6) is 0 Å². The smallest absolute Gasteiger partial charge is 0.274 e. The molecule has 6 rings (SSSR count). The van der Waals surface area contributed by atoms with Crippen molar-refractivity contribution < 1.29 is 10.0 Å². The maximum atomic E-state index is 11.4. The molecule has 4 saturated carbocycles. The molecule has 4 fully saturated rings. The predicted molar refractivity (Wildman–Crippen MR) is 126 cm³/mol. The summed E-state index contributed by atoms with van der Waals surface area (Å²) in [6.07, 6.45) is 8.32. The number of amides is 1. The molecule has 1 amide bonds. The van der Waals surface area contributed by atoms with Gasteiger partial charge >= 0.3 is 0 Å². The molecule has 4 N–H and O–H groups in total. The molecule has 5 nitrogen and oxygen atoms in total. The molecule has 0 radical (unpaired) electrons. The van der Waals surface area contributed by atoms with Gasteiger partial charge in [0.15, 0.2) is 0 Å². The van der Waals surface area contributed by atoms with Crippen molar-refractivity contribution in [2.45, 2.75) is 71.0 Å². The molecule has 2 aromatic carbocycles. The molecule has 32 heavy (non-hydrogen) atoms. The number of anilines is 1. The van der Waals surface area contributed by atoms with E-state index in [4.69, 9.17) is 5.21 Å². The summed E-state index contributed by atoms with van der Waals surface area (Å²) < 4.78 is 0. The van der Waals surface area contributed by atoms with E-state index in [1.165, 1.54) is 44.1 Å². The van der Waals surface area contributed by atoms with E-state index in [2.05, 4.69) is 48.7 Å². The second kappa shape index (κ2) is 7.89. The SMILES string of the molecule is CC12CC3CC(C)(C1)CC(NCc1ccc(NCc4ccc(C(=O)NO)cc4)cc1)(C3)C2. The highest BCUT2D eigenvalue weighted by molar-refractivity contribution is 5.93. The Morgan fingerprint density at radius 2 is 1.47 bits per heavy atom. The molecule has 2 aromatic rings. The zero-order chi connectivity index (χ0) is 22.4. The quantitative estimate of drug-likeness (QED) is 0.355. The molecule has 0 spiro atoms. The lowest BCUT2D eigenvalue weighted by Gasteiger charge is -2.65. The van der Waals surface area contributed by atoms with Gasteiger partial charge in [0.1, 0.15) is 0 Å². The summed E-state index contributed by atoms with van der Waals surface area (Å²) in [6, 6.07) is 15.9. The summed E-state index contributed by atoms with van der Waals surface area (Å²) in [4.78, 5) is 11.4. The zero-order valence-corrected chi connectivity index (χ0v) is 19.2. The second-order valence-electron chi connectivity index (χ2n) is 11.5. The van der Waals surface area contributed by atoms with E-state index in [-0.39, 0.29) is 0 Å². The molecular weight excluding hydrogens is 398 g/mol. The van der Waals surface area contributed by atoms with Crippen molar-refractivity contribution in [3.8, 4) is 0 Å². The summed E-state index contributed by atoms with van der Waals surface area (Å²) in [7, 11) is 0. The van der Waals surface area contributed by atoms with E-state index in [0.717, 1.165) is 23.7 Å². The van der Waals surface area contributed by atoms with E-state index in [1.807, 2.05) is 12.1 Å². The summed E-state index contributed by atoms with van der Waals surface area (Å²) >= 11 is 0. The van der Waals surface area contributed by atoms with Crippen LogP contribution in [0.2, 0.25) is 0 Å². The fraction of sp³-hybridized carbons (Fsp3) is 0.519. The Kier molecular flexibility index (Phi) is 5.30. The van der Waals surface area contributed by atoms with Crippen molar-refractivity contribution in [2.75, 3.05) is 5.32 Å². The van der Waals surface area contributed by atoms with Gasteiger partial charge in [-0.15, -0.1) is 0 Å². The highest BCUT2D eigenvalue weighted by Gasteiger charge is 2.59. The first-order chi connectivity index (χ1) is 15.3. The van der Waals surface area contributed by atoms with Crippen LogP contribution in [0.4, 0.5) is 5.69 Å². The minimum atomic E-state index is -0.495. The fourth-order valence-corrected chi connectivity index (χ4v) is 7.72. The third-order valence-corrected chi connectivity index (χ3v) is 8.06. The van der Waals surface area contributed by atoms with Crippen molar-refractivity contribution in [3.63, 3.8) is 0 Å². The third-order valence-electron chi connectivity index (χ3n) is 8.06. The number of hydrogen-bond donors (Lipinski definition) is 4. The van der Waals surface area contributed by atoms with Crippen LogP contribution >= 0.6 is 0 Å². The third kappa shape index (κ3) is 4.28. The zero-order valence-electron chi connectivity index (χ0n) is 19.2. The molecule has 4 aliphatic rings. The Balaban J connectivity index is 1.16. The standard InChI is InChI=1S/C27H35N3O2/c1-25-11-21-12-26(2,16-25)18-27(13-21,17-25)29-15-20-5-9-23(10-6-20)28-14-19-3-7-22(8-4-19)24(31)30-32/h3-10,21,28-29,32H,11-18H2,1-2H3,(H,30,31). The average molecular weight is 434 g/mol. The lowest BCUT2D eigenvalue weighted by molar-refractivity contribution is -0.118. The van der Waals surface area contributed by atoms with E-state index >= 15 is 0 Å². The van der Waals surface area contributed by atoms with Crippen LogP contribution in [0.3, 0.4) is 0 Å². The predicted octanol–water partition coefficient (Wildman–Crippen LogP) is 5.26. The van der Waals surface area contributed by atoms with Gasteiger partial charge in [-0.3, -0.25) is 10.0 Å². The van der Waals surface area contributed by atoms with Gasteiger partial charge in [-0.2, -0.15) is 0 Å². The van der Waals surface area contributed by atoms with E-state index in [1.54, 1.807) is 17.6 Å². The Morgan fingerprint density at radius 3 is 2.06 bits per heavy atom. The summed E-state index contributed by atoms with van der Waals surface area (Å²) in [5.74, 6) is 0.415. The molecule has 0 saturated heterocycles. The van der Waals surface area contributed by atoms with E-state index in [0.29, 0.717) is 28.5 Å². The summed E-state index contributed by atoms with van der Waals surface area (Å²) in [5.41, 5.74) is 7.00. The van der Waals surface area contributed by atoms with Gasteiger partial charge in [0.25, 0.3) is 5.91 Å². The maximum absolute atomic E-state index is 11.4. The number of carbonyl (C=O) groups excluding carboxylic acids is 1. The van der Waals surface area contributed by atoms with E-state index in [9.17, 15) is 4.79 Å². The van der Waals surface area contributed by atoms with Crippen LogP contribution in [-0.4, -0.2) is 16.7 Å². The van der Waals surface area contributed by atoms with E-state index < -0.39 is 5.91 Å². The number of hydroxylamine groups is 1. The molecule has 0 heterocycles. The maximum Gasteiger partial charge on any atom is 0.274 e. The van der Waals surface area contributed by atoms with Crippen LogP contribution in [0, 0.1) is 16.7 Å². The highest BCUT2D eigenvalue weighted by Crippen LogP contribution is 2.66. The number of rotatable bonds is 7. The van der Waals surface area contributed by atoms with Crippen molar-refractivity contribution in [1.82, 2.24) is 10.8 Å². The minimum absolute atomic E-state index is 0.332. The highest BCUT2D eigenvalue weighted by atomic mass is 16.5. The number of hydrogen-bond acceptors (Lipinski definition) is 4. The first kappa shape index (κ1) is 21.5. The average Bonchev–Trinajstić information content (AvgIpc) is 2.74. The first-order valence-corrected chi connectivity index (χ1v) is 11.9. The fourth-order valence-electron chi connectivity index (χ4n) is 7.72. The Morgan fingerprint density at radius 1 is 0.875 bits per heavy atom. The van der Waals surface area contributed by atoms with Gasteiger partial charge in [-0.05, 0) is 90.7 Å². The van der Waals surface area contributed by atoms with Crippen molar-refractivity contribution in [2.24, 2.45) is 16.7 Å². The molecule has 170 valence electrons. The van der Waals surface area contributed by atoms with Gasteiger partial charge < -0.3 is 10.6 Å². The lowest BCUT2D eigenvalue weighted by Crippen LogP contribution is -2.63. The number of benzene rings is 2. The Labute approximate surface area is 191 Å². The number of nitrogens with one attached hydrogen (secondary N) is 3. The molecule has 5 heteroatoms. The monoisotopic (exact) mass is 433 g/mol. The van der Waals surface area contributed by atoms with Gasteiger partial charge in [-0.1, -0.05) is 38.1 Å². The molecule has 4 bridgehead atoms. The Bertz CT molecular complexity index is 967. The second-order valence-corrected chi connectivity index (χ2v) is 11.5. The topological polar surface area (TPSA) is 73.4 Å². The van der Waals surface area contributed by atoms with Gasteiger partial charge in [-0.25, -0.2) is 5.48 Å². The van der Waals surface area contributed by atoms with Crippen LogP contribution in [0.15, 0.2) is 48.5 Å². The van der Waals surface area contributed by atoms with Crippen LogP contribution in [0.25, 0.3) is 0 Å². The number of carbonyl (C=O) groups is 1. The first-order valence-electron chi connectivity index (χ1n) is 11.9. The van der Waals surface area contributed by atoms with Gasteiger partial charge in [0.2, 0.25) is 0 Å². The van der Waals surface area contributed by atoms with Gasteiger partial charge in [0, 0.05) is 29.9 Å². The lowest BCUT2D eigenvalue weighted by atomic mass is 9.43. The molecule has 2 atom stereocenters. The molecular formula is C27H35N3O2. The molecule has 2 unspecified atom stereocenters. The Hall–Kier alpha value is -2.37. The van der Waals surface area contributed by atoms with Gasteiger partial charge in [0.05, 0.1) is 0 Å². The molecule has 0 aromatic heterocycles. The molecule has 0 aliphatic heterocycles. The summed E-state index contributed by atoms with van der Waals surface area (Å²) in [6.45, 7) is 6.68. The minimum Gasteiger partial charge on any atom is -0.381 e. The van der Waals surface area contributed by atoms with Crippen molar-refractivity contribution in [3.05, 3.63) is 65.2 Å². The largest absolute Gasteiger partial charge is 0.381 e.